The molecule has 0 aromatic heterocycles. The van der Waals surface area contributed by atoms with Crippen LogP contribution in [0.3, 0.4) is 0 Å². The Morgan fingerprint density at radius 3 is 1.35 bits per heavy atom. The van der Waals surface area contributed by atoms with Gasteiger partial charge in [-0.1, -0.05) is 89.4 Å². The Labute approximate surface area is 128 Å². The monoisotopic (exact) mass is 278 g/mol. The van der Waals surface area contributed by atoms with E-state index in [0.29, 0.717) is 0 Å². The molecule has 0 nitrogen and oxygen atoms in total. The summed E-state index contributed by atoms with van der Waals surface area (Å²) in [5.41, 5.74) is 0. The molecule has 0 aliphatic rings. The number of hydrogen-bond acceptors (Lipinski definition) is 0. The second-order valence-electron chi connectivity index (χ2n) is 5.99. The molecule has 0 aromatic carbocycles. The average Bonchev–Trinajstić information content (AvgIpc) is 2.47. The molecule has 0 rings (SSSR count). The first-order chi connectivity index (χ1) is 9.91. The zero-order chi connectivity index (χ0) is 14.7. The van der Waals surface area contributed by atoms with E-state index in [4.69, 9.17) is 0 Å². The smallest absolute Gasteiger partial charge is 0.0351 e. The van der Waals surface area contributed by atoms with Crippen molar-refractivity contribution in [3.63, 3.8) is 0 Å². The number of hydrogen-bond donors (Lipinski definition) is 0. The molecule has 0 heteroatoms. The third kappa shape index (κ3) is 17.5. The van der Waals surface area contributed by atoms with Crippen molar-refractivity contribution in [2.45, 2.75) is 103 Å². The van der Waals surface area contributed by atoms with E-state index in [9.17, 15) is 0 Å². The molecule has 0 amide bonds. The number of rotatable bonds is 16. The lowest BCUT2D eigenvalue weighted by molar-refractivity contribution is 0.542. The van der Waals surface area contributed by atoms with E-state index in [0.717, 1.165) is 0 Å². The molecule has 0 atom stereocenters. The summed E-state index contributed by atoms with van der Waals surface area (Å²) >= 11 is 0. The third-order valence-electron chi connectivity index (χ3n) is 3.93. The quantitative estimate of drug-likeness (QED) is 0.201. The Kier molecular flexibility index (Phi) is 18.0. The van der Waals surface area contributed by atoms with Crippen molar-refractivity contribution in [2.24, 2.45) is 0 Å². The zero-order valence-electron chi connectivity index (χ0n) is 14.0. The first kappa shape index (κ1) is 19.5. The molecule has 0 spiro atoms. The lowest BCUT2D eigenvalue weighted by Crippen LogP contribution is -1.82. The Hall–Kier alpha value is -0.520. The summed E-state index contributed by atoms with van der Waals surface area (Å²) in [6.07, 6.45) is 27.5. The summed E-state index contributed by atoms with van der Waals surface area (Å²) in [5, 5.41) is 0. The maximum atomic E-state index is 3.76. The topological polar surface area (TPSA) is 0 Å². The van der Waals surface area contributed by atoms with E-state index in [-0.39, 0.29) is 0 Å². The zero-order valence-corrected chi connectivity index (χ0v) is 14.0. The lowest BCUT2D eigenvalue weighted by atomic mass is 10.0. The molecule has 0 fully saturated rings. The van der Waals surface area contributed by atoms with Gasteiger partial charge in [-0.2, -0.15) is 0 Å². The molecule has 0 unspecified atom stereocenters. The van der Waals surface area contributed by atoms with Gasteiger partial charge >= 0.3 is 0 Å². The highest BCUT2D eigenvalue weighted by atomic mass is 14.0. The van der Waals surface area contributed by atoms with Crippen LogP contribution < -0.4 is 0 Å². The van der Waals surface area contributed by atoms with Crippen LogP contribution in [0.15, 0.2) is 24.8 Å². The van der Waals surface area contributed by atoms with Gasteiger partial charge < -0.3 is 0 Å². The van der Waals surface area contributed by atoms with Gasteiger partial charge in [-0.15, -0.1) is 6.58 Å². The molecule has 0 bridgehead atoms. The first-order valence-electron chi connectivity index (χ1n) is 9.17. The fourth-order valence-corrected chi connectivity index (χ4v) is 2.60. The summed E-state index contributed by atoms with van der Waals surface area (Å²) in [7, 11) is 0. The van der Waals surface area contributed by atoms with Gasteiger partial charge in [-0.25, -0.2) is 0 Å². The van der Waals surface area contributed by atoms with Gasteiger partial charge in [0.25, 0.3) is 0 Å². The Morgan fingerprint density at radius 1 is 0.550 bits per heavy atom. The van der Waals surface area contributed by atoms with Crippen LogP contribution in [0.5, 0.6) is 0 Å². The van der Waals surface area contributed by atoms with Crippen LogP contribution in [0, 0.1) is 0 Å². The molecule has 118 valence electrons. The number of allylic oxidation sites excluding steroid dienone is 3. The summed E-state index contributed by atoms with van der Waals surface area (Å²) in [5.74, 6) is 0. The van der Waals surface area contributed by atoms with Crippen LogP contribution in [-0.2, 0) is 0 Å². The standard InChI is InChI=1S/C20H38/c1-3-5-7-9-11-13-15-17-19-20-18-16-14-12-10-8-6-4-2/h3,6,8H,1,4-5,7,9-20H2,2H3/b8-6+. The van der Waals surface area contributed by atoms with E-state index < -0.39 is 0 Å². The van der Waals surface area contributed by atoms with E-state index in [1.54, 1.807) is 0 Å². The summed E-state index contributed by atoms with van der Waals surface area (Å²) in [6.45, 7) is 5.97. The summed E-state index contributed by atoms with van der Waals surface area (Å²) in [6, 6.07) is 0. The second kappa shape index (κ2) is 18.5. The minimum absolute atomic E-state index is 1.19. The van der Waals surface area contributed by atoms with Crippen molar-refractivity contribution < 1.29 is 0 Å². The van der Waals surface area contributed by atoms with Gasteiger partial charge in [0.15, 0.2) is 0 Å². The second-order valence-corrected chi connectivity index (χ2v) is 5.99. The highest BCUT2D eigenvalue weighted by Crippen LogP contribution is 2.13. The molecule has 0 saturated heterocycles. The van der Waals surface area contributed by atoms with Gasteiger partial charge in [0, 0.05) is 0 Å². The minimum Gasteiger partial charge on any atom is -0.103 e. The summed E-state index contributed by atoms with van der Waals surface area (Å²) < 4.78 is 0. The molecular weight excluding hydrogens is 240 g/mol. The fraction of sp³-hybridized carbons (Fsp3) is 0.800. The van der Waals surface area contributed by atoms with Gasteiger partial charge in [-0.05, 0) is 32.1 Å². The van der Waals surface area contributed by atoms with Crippen LogP contribution in [-0.4, -0.2) is 0 Å². The van der Waals surface area contributed by atoms with Gasteiger partial charge in [0.1, 0.15) is 0 Å². The molecule has 20 heavy (non-hydrogen) atoms. The van der Waals surface area contributed by atoms with Crippen molar-refractivity contribution in [3.8, 4) is 0 Å². The molecule has 0 heterocycles. The molecule has 0 N–H and O–H groups in total. The molecule has 0 aliphatic carbocycles. The van der Waals surface area contributed by atoms with Crippen LogP contribution in [0.4, 0.5) is 0 Å². The van der Waals surface area contributed by atoms with E-state index in [2.05, 4.69) is 25.7 Å². The van der Waals surface area contributed by atoms with Crippen LogP contribution >= 0.6 is 0 Å². The van der Waals surface area contributed by atoms with Crippen LogP contribution in [0.2, 0.25) is 0 Å². The highest BCUT2D eigenvalue weighted by molar-refractivity contribution is 4.79. The predicted octanol–water partition coefficient (Wildman–Crippen LogP) is 7.60. The van der Waals surface area contributed by atoms with Crippen molar-refractivity contribution in [2.75, 3.05) is 0 Å². The van der Waals surface area contributed by atoms with Crippen molar-refractivity contribution in [3.05, 3.63) is 24.8 Å². The van der Waals surface area contributed by atoms with Crippen LogP contribution in [0.25, 0.3) is 0 Å². The number of unbranched alkanes of at least 4 members (excludes halogenated alkanes) is 13. The van der Waals surface area contributed by atoms with Gasteiger partial charge in [0.2, 0.25) is 0 Å². The maximum Gasteiger partial charge on any atom is -0.0351 e. The van der Waals surface area contributed by atoms with E-state index >= 15 is 0 Å². The van der Waals surface area contributed by atoms with Crippen LogP contribution in [0.1, 0.15) is 103 Å². The lowest BCUT2D eigenvalue weighted by Gasteiger charge is -2.02. The average molecular weight is 279 g/mol. The van der Waals surface area contributed by atoms with Gasteiger partial charge in [0.05, 0.1) is 0 Å². The Bertz CT molecular complexity index is 202. The molecule has 0 saturated carbocycles. The third-order valence-corrected chi connectivity index (χ3v) is 3.93. The largest absolute Gasteiger partial charge is 0.103 e. The molecule has 0 radical (unpaired) electrons. The van der Waals surface area contributed by atoms with Crippen molar-refractivity contribution in [1.29, 1.82) is 0 Å². The van der Waals surface area contributed by atoms with Crippen molar-refractivity contribution >= 4 is 0 Å². The maximum absolute atomic E-state index is 3.76. The normalized spacial score (nSPS) is 11.2. The highest BCUT2D eigenvalue weighted by Gasteiger charge is 1.93. The fourth-order valence-electron chi connectivity index (χ4n) is 2.60. The molecule has 0 aromatic rings. The van der Waals surface area contributed by atoms with E-state index in [1.165, 1.54) is 96.3 Å². The van der Waals surface area contributed by atoms with Gasteiger partial charge in [-0.3, -0.25) is 0 Å². The van der Waals surface area contributed by atoms with Crippen molar-refractivity contribution in [1.82, 2.24) is 0 Å². The SMILES string of the molecule is C=CCCCCCCCCCCCCCC/C=C/CC. The van der Waals surface area contributed by atoms with E-state index in [1.807, 2.05) is 6.08 Å². The predicted molar refractivity (Wildman–Crippen MR) is 94.3 cm³/mol. The minimum atomic E-state index is 1.19. The first-order valence-corrected chi connectivity index (χ1v) is 9.17. The Morgan fingerprint density at radius 2 is 0.950 bits per heavy atom. The Balaban J connectivity index is 2.95. The summed E-state index contributed by atoms with van der Waals surface area (Å²) in [4.78, 5) is 0. The molecular formula is C20H38. The molecule has 0 aliphatic heterocycles.